The quantitative estimate of drug-likeness (QED) is 0.396. The first-order valence-electron chi connectivity index (χ1n) is 4.98. The summed E-state index contributed by atoms with van der Waals surface area (Å²) in [5.41, 5.74) is 5.12. The Bertz CT molecular complexity index is 435. The SMILES string of the molecule is CN(CNN)Cc1c[nH]c2ccccc12. The average Bonchev–Trinajstić information content (AvgIpc) is 2.62. The van der Waals surface area contributed by atoms with Gasteiger partial charge in [0.1, 0.15) is 0 Å². The number of aromatic nitrogens is 1. The maximum Gasteiger partial charge on any atom is 0.0612 e. The maximum atomic E-state index is 5.27. The number of hydrogen-bond donors (Lipinski definition) is 3. The third-order valence-electron chi connectivity index (χ3n) is 2.48. The molecule has 0 aliphatic carbocycles. The Labute approximate surface area is 89.0 Å². The molecule has 4 N–H and O–H groups in total. The molecule has 80 valence electrons. The highest BCUT2D eigenvalue weighted by Crippen LogP contribution is 2.18. The number of fused-ring (bicyclic) bond motifs is 1. The smallest absolute Gasteiger partial charge is 0.0612 e. The molecule has 0 aliphatic rings. The minimum atomic E-state index is 0.680. The van der Waals surface area contributed by atoms with Crippen molar-refractivity contribution in [3.05, 3.63) is 36.0 Å². The van der Waals surface area contributed by atoms with E-state index < -0.39 is 0 Å². The summed E-state index contributed by atoms with van der Waals surface area (Å²) in [6, 6.07) is 8.31. The highest BCUT2D eigenvalue weighted by Gasteiger charge is 2.04. The molecule has 1 heterocycles. The van der Waals surface area contributed by atoms with Gasteiger partial charge >= 0.3 is 0 Å². The molecule has 4 heteroatoms. The van der Waals surface area contributed by atoms with Crippen molar-refractivity contribution in [3.8, 4) is 0 Å². The standard InChI is InChI=1S/C11H16N4/c1-15(8-14-12)7-9-6-13-11-5-3-2-4-10(9)11/h2-6,13-14H,7-8,12H2,1H3. The van der Waals surface area contributed by atoms with Gasteiger partial charge in [0.05, 0.1) is 6.67 Å². The summed E-state index contributed by atoms with van der Waals surface area (Å²) in [5.74, 6) is 5.27. The van der Waals surface area contributed by atoms with Crippen molar-refractivity contribution in [1.29, 1.82) is 0 Å². The van der Waals surface area contributed by atoms with E-state index >= 15 is 0 Å². The van der Waals surface area contributed by atoms with Crippen molar-refractivity contribution >= 4 is 10.9 Å². The molecule has 0 bridgehead atoms. The van der Waals surface area contributed by atoms with Gasteiger partial charge in [0.25, 0.3) is 0 Å². The Kier molecular flexibility index (Phi) is 3.01. The fourth-order valence-electron chi connectivity index (χ4n) is 1.76. The van der Waals surface area contributed by atoms with Gasteiger partial charge < -0.3 is 4.98 Å². The molecule has 0 spiro atoms. The van der Waals surface area contributed by atoms with Crippen molar-refractivity contribution in [2.45, 2.75) is 6.54 Å². The lowest BCUT2D eigenvalue weighted by Gasteiger charge is -2.14. The second-order valence-electron chi connectivity index (χ2n) is 3.74. The number of hydrogen-bond acceptors (Lipinski definition) is 3. The normalized spacial score (nSPS) is 11.4. The van der Waals surface area contributed by atoms with Gasteiger partial charge in [0.2, 0.25) is 0 Å². The van der Waals surface area contributed by atoms with Crippen LogP contribution in [0.15, 0.2) is 30.5 Å². The van der Waals surface area contributed by atoms with Crippen LogP contribution >= 0.6 is 0 Å². The van der Waals surface area contributed by atoms with Gasteiger partial charge in [-0.25, -0.2) is 5.43 Å². The van der Waals surface area contributed by atoms with E-state index in [0.29, 0.717) is 6.67 Å². The molecule has 0 saturated carbocycles. The largest absolute Gasteiger partial charge is 0.361 e. The number of nitrogens with two attached hydrogens (primary N) is 1. The van der Waals surface area contributed by atoms with Gasteiger partial charge in [-0.2, -0.15) is 0 Å². The predicted octanol–water partition coefficient (Wildman–Crippen LogP) is 1.02. The Morgan fingerprint density at radius 1 is 1.40 bits per heavy atom. The highest BCUT2D eigenvalue weighted by molar-refractivity contribution is 5.82. The molecule has 0 unspecified atom stereocenters. The zero-order valence-electron chi connectivity index (χ0n) is 8.83. The van der Waals surface area contributed by atoms with Crippen LogP contribution < -0.4 is 11.3 Å². The van der Waals surface area contributed by atoms with Gasteiger partial charge in [0, 0.05) is 23.6 Å². The summed E-state index contributed by atoms with van der Waals surface area (Å²) in [4.78, 5) is 5.38. The van der Waals surface area contributed by atoms with Gasteiger partial charge in [-0.1, -0.05) is 18.2 Å². The van der Waals surface area contributed by atoms with Gasteiger partial charge in [0.15, 0.2) is 0 Å². The number of benzene rings is 1. The minimum Gasteiger partial charge on any atom is -0.361 e. The summed E-state index contributed by atoms with van der Waals surface area (Å²) < 4.78 is 0. The van der Waals surface area contributed by atoms with Crippen LogP contribution in [0.25, 0.3) is 10.9 Å². The molecule has 2 aromatic rings. The van der Waals surface area contributed by atoms with E-state index in [1.165, 1.54) is 16.5 Å². The molecule has 1 aromatic carbocycles. The van der Waals surface area contributed by atoms with E-state index in [1.54, 1.807) is 0 Å². The van der Waals surface area contributed by atoms with E-state index in [-0.39, 0.29) is 0 Å². The molecular formula is C11H16N4. The van der Waals surface area contributed by atoms with Crippen molar-refractivity contribution in [2.24, 2.45) is 5.84 Å². The second kappa shape index (κ2) is 4.44. The average molecular weight is 204 g/mol. The van der Waals surface area contributed by atoms with Crippen LogP contribution in [0.5, 0.6) is 0 Å². The molecule has 0 fully saturated rings. The van der Waals surface area contributed by atoms with Crippen LogP contribution in [0, 0.1) is 0 Å². The van der Waals surface area contributed by atoms with Crippen LogP contribution in [0.2, 0.25) is 0 Å². The van der Waals surface area contributed by atoms with Crippen LogP contribution in [0.1, 0.15) is 5.56 Å². The van der Waals surface area contributed by atoms with E-state index in [0.717, 1.165) is 6.54 Å². The van der Waals surface area contributed by atoms with E-state index in [1.807, 2.05) is 13.1 Å². The van der Waals surface area contributed by atoms with Crippen molar-refractivity contribution in [3.63, 3.8) is 0 Å². The number of nitrogens with zero attached hydrogens (tertiary/aromatic N) is 1. The Morgan fingerprint density at radius 2 is 2.20 bits per heavy atom. The minimum absolute atomic E-state index is 0.680. The van der Waals surface area contributed by atoms with E-state index in [2.05, 4.69) is 39.7 Å². The lowest BCUT2D eigenvalue weighted by Crippen LogP contribution is -2.34. The zero-order chi connectivity index (χ0) is 10.7. The molecular weight excluding hydrogens is 188 g/mol. The first kappa shape index (κ1) is 10.2. The topological polar surface area (TPSA) is 57.1 Å². The summed E-state index contributed by atoms with van der Waals surface area (Å²) >= 11 is 0. The zero-order valence-corrected chi connectivity index (χ0v) is 8.83. The van der Waals surface area contributed by atoms with Crippen LogP contribution in [0.4, 0.5) is 0 Å². The van der Waals surface area contributed by atoms with Crippen molar-refractivity contribution in [1.82, 2.24) is 15.3 Å². The monoisotopic (exact) mass is 204 g/mol. The number of rotatable bonds is 4. The molecule has 0 amide bonds. The van der Waals surface area contributed by atoms with E-state index in [9.17, 15) is 0 Å². The number of aromatic amines is 1. The fourth-order valence-corrected chi connectivity index (χ4v) is 1.76. The molecule has 2 rings (SSSR count). The fraction of sp³-hybridized carbons (Fsp3) is 0.273. The highest BCUT2D eigenvalue weighted by atomic mass is 15.3. The first-order chi connectivity index (χ1) is 7.31. The summed E-state index contributed by atoms with van der Waals surface area (Å²) in [7, 11) is 2.03. The second-order valence-corrected chi connectivity index (χ2v) is 3.74. The Hall–Kier alpha value is -1.36. The van der Waals surface area contributed by atoms with Crippen molar-refractivity contribution in [2.75, 3.05) is 13.7 Å². The predicted molar refractivity (Wildman–Crippen MR) is 62.0 cm³/mol. The van der Waals surface area contributed by atoms with Gasteiger partial charge in [-0.15, -0.1) is 0 Å². The van der Waals surface area contributed by atoms with E-state index in [4.69, 9.17) is 5.84 Å². The molecule has 15 heavy (non-hydrogen) atoms. The number of hydrazine groups is 1. The summed E-state index contributed by atoms with van der Waals surface area (Å²) in [6.07, 6.45) is 2.05. The number of nitrogens with one attached hydrogen (secondary N) is 2. The number of H-pyrrole nitrogens is 1. The molecule has 4 nitrogen and oxygen atoms in total. The van der Waals surface area contributed by atoms with Gasteiger partial charge in [-0.3, -0.25) is 10.7 Å². The van der Waals surface area contributed by atoms with Crippen molar-refractivity contribution < 1.29 is 0 Å². The number of para-hydroxylation sites is 1. The lowest BCUT2D eigenvalue weighted by atomic mass is 10.2. The Morgan fingerprint density at radius 3 is 3.00 bits per heavy atom. The molecule has 1 aromatic heterocycles. The van der Waals surface area contributed by atoms with Crippen LogP contribution in [0.3, 0.4) is 0 Å². The summed E-state index contributed by atoms with van der Waals surface area (Å²) in [6.45, 7) is 1.56. The van der Waals surface area contributed by atoms with Gasteiger partial charge in [-0.05, 0) is 18.7 Å². The first-order valence-corrected chi connectivity index (χ1v) is 4.98. The Balaban J connectivity index is 2.21. The van der Waals surface area contributed by atoms with Crippen LogP contribution in [-0.2, 0) is 6.54 Å². The van der Waals surface area contributed by atoms with Crippen LogP contribution in [-0.4, -0.2) is 23.6 Å². The molecule has 0 radical (unpaired) electrons. The summed E-state index contributed by atoms with van der Waals surface area (Å²) in [5, 5.41) is 1.28. The molecule has 0 atom stereocenters. The molecule has 0 saturated heterocycles. The lowest BCUT2D eigenvalue weighted by molar-refractivity contribution is 0.302. The third-order valence-corrected chi connectivity index (χ3v) is 2.48. The third kappa shape index (κ3) is 2.18. The molecule has 0 aliphatic heterocycles. The maximum absolute atomic E-state index is 5.27.